The number of aromatic nitrogens is 1. The Morgan fingerprint density at radius 2 is 2.14 bits per heavy atom. The predicted molar refractivity (Wildman–Crippen MR) is 57.9 cm³/mol. The topological polar surface area (TPSA) is 38.9 Å². The van der Waals surface area contributed by atoms with E-state index in [1.54, 1.807) is 0 Å². The van der Waals surface area contributed by atoms with Gasteiger partial charge >= 0.3 is 0 Å². The minimum atomic E-state index is 0.150. The molecule has 0 radical (unpaired) electrons. The summed E-state index contributed by atoms with van der Waals surface area (Å²) in [5, 5.41) is 0. The quantitative estimate of drug-likeness (QED) is 0.778. The van der Waals surface area contributed by atoms with E-state index in [1.165, 1.54) is 31.2 Å². The molecule has 0 aromatic carbocycles. The van der Waals surface area contributed by atoms with Crippen LogP contribution >= 0.6 is 0 Å². The first-order chi connectivity index (χ1) is 6.77. The van der Waals surface area contributed by atoms with Gasteiger partial charge in [0.25, 0.3) is 0 Å². The summed E-state index contributed by atoms with van der Waals surface area (Å²) in [6, 6.07) is 4.28. The Hall–Kier alpha value is -0.890. The van der Waals surface area contributed by atoms with Crippen LogP contribution in [0.3, 0.4) is 0 Å². The first kappa shape index (κ1) is 9.66. The van der Waals surface area contributed by atoms with Crippen LogP contribution in [0.25, 0.3) is 0 Å². The third kappa shape index (κ3) is 1.95. The second-order valence-electron chi connectivity index (χ2n) is 4.33. The molecule has 2 nitrogen and oxygen atoms in total. The number of hydrogen-bond donors (Lipinski definition) is 1. The molecule has 14 heavy (non-hydrogen) atoms. The van der Waals surface area contributed by atoms with Gasteiger partial charge in [-0.3, -0.25) is 4.98 Å². The molecule has 1 saturated carbocycles. The smallest absolute Gasteiger partial charge is 0.0576 e. The second-order valence-corrected chi connectivity index (χ2v) is 4.33. The van der Waals surface area contributed by atoms with Crippen molar-refractivity contribution < 1.29 is 0 Å². The molecule has 1 aliphatic carbocycles. The van der Waals surface area contributed by atoms with Crippen molar-refractivity contribution in [1.29, 1.82) is 0 Å². The Morgan fingerprint density at radius 3 is 2.79 bits per heavy atom. The summed E-state index contributed by atoms with van der Waals surface area (Å²) < 4.78 is 0. The summed E-state index contributed by atoms with van der Waals surface area (Å²) in [5.74, 6) is 0.657. The minimum Gasteiger partial charge on any atom is -0.322 e. The maximum absolute atomic E-state index is 6.21. The molecule has 1 atom stereocenters. The Kier molecular flexibility index (Phi) is 2.82. The fraction of sp³-hybridized carbons (Fsp3) is 0.583. The molecule has 2 heteroatoms. The summed E-state index contributed by atoms with van der Waals surface area (Å²) in [6.07, 6.45) is 7.08. The van der Waals surface area contributed by atoms with Crippen molar-refractivity contribution in [3.05, 3.63) is 29.6 Å². The van der Waals surface area contributed by atoms with E-state index in [0.29, 0.717) is 5.92 Å². The van der Waals surface area contributed by atoms with Crippen LogP contribution < -0.4 is 5.73 Å². The lowest BCUT2D eigenvalue weighted by atomic mass is 9.95. The number of nitrogens with zero attached hydrogens (tertiary/aromatic N) is 1. The molecule has 2 rings (SSSR count). The zero-order valence-electron chi connectivity index (χ0n) is 8.74. The van der Waals surface area contributed by atoms with E-state index < -0.39 is 0 Å². The zero-order valence-corrected chi connectivity index (χ0v) is 8.74. The van der Waals surface area contributed by atoms with Gasteiger partial charge in [-0.2, -0.15) is 0 Å². The van der Waals surface area contributed by atoms with E-state index in [9.17, 15) is 0 Å². The van der Waals surface area contributed by atoms with Crippen LogP contribution in [0.4, 0.5) is 0 Å². The molecular weight excluding hydrogens is 172 g/mol. The Bertz CT molecular complexity index is 303. The normalized spacial score (nSPS) is 19.9. The third-order valence-corrected chi connectivity index (χ3v) is 3.19. The lowest BCUT2D eigenvalue weighted by Crippen LogP contribution is -2.20. The highest BCUT2D eigenvalue weighted by atomic mass is 14.8. The first-order valence-electron chi connectivity index (χ1n) is 5.45. The molecule has 1 heterocycles. The predicted octanol–water partition coefficient (Wildman–Crippen LogP) is 2.58. The molecule has 2 N–H and O–H groups in total. The van der Waals surface area contributed by atoms with E-state index >= 15 is 0 Å². The maximum Gasteiger partial charge on any atom is 0.0576 e. The van der Waals surface area contributed by atoms with Gasteiger partial charge in [0.2, 0.25) is 0 Å². The lowest BCUT2D eigenvalue weighted by molar-refractivity contribution is 0.437. The number of rotatable bonds is 2. The van der Waals surface area contributed by atoms with Gasteiger partial charge in [-0.1, -0.05) is 12.8 Å². The van der Waals surface area contributed by atoms with Gasteiger partial charge in [-0.05, 0) is 43.4 Å². The SMILES string of the molecule is Cc1ccnc(C(N)C2CCCC2)c1. The van der Waals surface area contributed by atoms with Crippen molar-refractivity contribution >= 4 is 0 Å². The van der Waals surface area contributed by atoms with Crippen molar-refractivity contribution in [2.75, 3.05) is 0 Å². The number of pyridine rings is 1. The second kappa shape index (κ2) is 4.09. The summed E-state index contributed by atoms with van der Waals surface area (Å²) in [4.78, 5) is 4.36. The van der Waals surface area contributed by atoms with Gasteiger partial charge in [0.1, 0.15) is 0 Å². The monoisotopic (exact) mass is 190 g/mol. The molecule has 0 spiro atoms. The zero-order chi connectivity index (χ0) is 9.97. The average Bonchev–Trinajstić information content (AvgIpc) is 2.69. The molecule has 0 aliphatic heterocycles. The first-order valence-corrected chi connectivity index (χ1v) is 5.45. The van der Waals surface area contributed by atoms with Crippen LogP contribution in [0.1, 0.15) is 43.0 Å². The van der Waals surface area contributed by atoms with Crippen LogP contribution in [0, 0.1) is 12.8 Å². The largest absolute Gasteiger partial charge is 0.322 e. The van der Waals surface area contributed by atoms with Crippen molar-refractivity contribution in [2.45, 2.75) is 38.6 Å². The Morgan fingerprint density at radius 1 is 1.43 bits per heavy atom. The van der Waals surface area contributed by atoms with E-state index in [-0.39, 0.29) is 6.04 Å². The van der Waals surface area contributed by atoms with Crippen LogP contribution in [-0.4, -0.2) is 4.98 Å². The molecule has 0 saturated heterocycles. The van der Waals surface area contributed by atoms with Crippen LogP contribution in [0.2, 0.25) is 0 Å². The van der Waals surface area contributed by atoms with Gasteiger partial charge in [0.15, 0.2) is 0 Å². The third-order valence-electron chi connectivity index (χ3n) is 3.19. The summed E-state index contributed by atoms with van der Waals surface area (Å²) >= 11 is 0. The van der Waals surface area contributed by atoms with Crippen molar-refractivity contribution in [3.63, 3.8) is 0 Å². The van der Waals surface area contributed by atoms with Gasteiger partial charge in [0.05, 0.1) is 5.69 Å². The summed E-state index contributed by atoms with van der Waals surface area (Å²) in [5.41, 5.74) is 8.53. The fourth-order valence-electron chi connectivity index (χ4n) is 2.30. The van der Waals surface area contributed by atoms with Crippen LogP contribution in [-0.2, 0) is 0 Å². The highest BCUT2D eigenvalue weighted by molar-refractivity contribution is 5.17. The molecular formula is C12H18N2. The molecule has 0 bridgehead atoms. The lowest BCUT2D eigenvalue weighted by Gasteiger charge is -2.18. The van der Waals surface area contributed by atoms with Crippen molar-refractivity contribution in [1.82, 2.24) is 4.98 Å². The molecule has 1 aromatic heterocycles. The average molecular weight is 190 g/mol. The summed E-state index contributed by atoms with van der Waals surface area (Å²) in [6.45, 7) is 2.09. The van der Waals surface area contributed by atoms with Crippen LogP contribution in [0.5, 0.6) is 0 Å². The minimum absolute atomic E-state index is 0.150. The molecule has 1 unspecified atom stereocenters. The molecule has 76 valence electrons. The number of aryl methyl sites for hydroxylation is 1. The van der Waals surface area contributed by atoms with E-state index in [4.69, 9.17) is 5.73 Å². The molecule has 1 fully saturated rings. The van der Waals surface area contributed by atoms with Crippen LogP contribution in [0.15, 0.2) is 18.3 Å². The highest BCUT2D eigenvalue weighted by Gasteiger charge is 2.23. The number of nitrogens with two attached hydrogens (primary N) is 1. The Balaban J connectivity index is 2.13. The summed E-state index contributed by atoms with van der Waals surface area (Å²) in [7, 11) is 0. The maximum atomic E-state index is 6.21. The highest BCUT2D eigenvalue weighted by Crippen LogP contribution is 2.33. The van der Waals surface area contributed by atoms with Gasteiger partial charge < -0.3 is 5.73 Å². The molecule has 1 aromatic rings. The van der Waals surface area contributed by atoms with E-state index in [2.05, 4.69) is 18.0 Å². The standard InChI is InChI=1S/C12H18N2/c1-9-6-7-14-11(8-9)12(13)10-4-2-3-5-10/h6-8,10,12H,2-5,13H2,1H3. The van der Waals surface area contributed by atoms with Gasteiger partial charge in [0, 0.05) is 12.2 Å². The van der Waals surface area contributed by atoms with Gasteiger partial charge in [-0.15, -0.1) is 0 Å². The Labute approximate surface area is 85.5 Å². The van der Waals surface area contributed by atoms with E-state index in [0.717, 1.165) is 5.69 Å². The fourth-order valence-corrected chi connectivity index (χ4v) is 2.30. The van der Waals surface area contributed by atoms with Gasteiger partial charge in [-0.25, -0.2) is 0 Å². The molecule has 1 aliphatic rings. The van der Waals surface area contributed by atoms with Crippen molar-refractivity contribution in [2.24, 2.45) is 11.7 Å². The number of hydrogen-bond acceptors (Lipinski definition) is 2. The van der Waals surface area contributed by atoms with E-state index in [1.807, 2.05) is 12.3 Å². The molecule has 0 amide bonds. The van der Waals surface area contributed by atoms with Crippen molar-refractivity contribution in [3.8, 4) is 0 Å².